The van der Waals surface area contributed by atoms with Crippen LogP contribution in [0.15, 0.2) is 95.1 Å². The van der Waals surface area contributed by atoms with Crippen LogP contribution in [0.4, 0.5) is 9.52 Å². The van der Waals surface area contributed by atoms with Crippen molar-refractivity contribution in [1.29, 1.82) is 0 Å². The van der Waals surface area contributed by atoms with E-state index in [1.165, 1.54) is 46.3 Å². The molecule has 3 aromatic carbocycles. The van der Waals surface area contributed by atoms with Crippen molar-refractivity contribution in [2.75, 3.05) is 4.90 Å². The molecule has 198 valence electrons. The normalized spacial score (nSPS) is 16.6. The fourth-order valence-electron chi connectivity index (χ4n) is 4.69. The molecule has 1 amide bonds. The Bertz CT molecular complexity index is 1800. The molecule has 5 aromatic rings. The van der Waals surface area contributed by atoms with E-state index in [2.05, 4.69) is 39.4 Å². The summed E-state index contributed by atoms with van der Waals surface area (Å²) < 4.78 is 14.9. The lowest BCUT2D eigenvalue weighted by Gasteiger charge is -2.22. The van der Waals surface area contributed by atoms with Crippen LogP contribution in [0.25, 0.3) is 16.5 Å². The van der Waals surface area contributed by atoms with E-state index in [0.717, 1.165) is 22.4 Å². The monoisotopic (exact) mass is 568 g/mol. The zero-order valence-electron chi connectivity index (χ0n) is 21.1. The largest absolute Gasteiger partial charge is 0.507 e. The molecule has 0 aliphatic carbocycles. The molecule has 6 rings (SSSR count). The lowest BCUT2D eigenvalue weighted by Crippen LogP contribution is -2.29. The molecule has 0 bridgehead atoms. The number of benzene rings is 3. The van der Waals surface area contributed by atoms with Gasteiger partial charge in [-0.25, -0.2) is 4.39 Å². The molecule has 2 aromatic heterocycles. The van der Waals surface area contributed by atoms with Gasteiger partial charge in [-0.15, -0.1) is 10.2 Å². The van der Waals surface area contributed by atoms with Crippen LogP contribution in [0.2, 0.25) is 0 Å². The molecule has 3 heterocycles. The lowest BCUT2D eigenvalue weighted by atomic mass is 9.96. The van der Waals surface area contributed by atoms with E-state index >= 15 is 0 Å². The van der Waals surface area contributed by atoms with Gasteiger partial charge in [0.2, 0.25) is 5.13 Å². The van der Waals surface area contributed by atoms with Crippen molar-refractivity contribution in [1.82, 2.24) is 15.2 Å². The van der Waals surface area contributed by atoms with E-state index in [4.69, 9.17) is 0 Å². The van der Waals surface area contributed by atoms with Crippen molar-refractivity contribution in [3.63, 3.8) is 0 Å². The topological polar surface area (TPSA) is 96.3 Å². The highest BCUT2D eigenvalue weighted by Gasteiger charge is 2.48. The minimum absolute atomic E-state index is 0.0959. The minimum atomic E-state index is -1.01. The summed E-state index contributed by atoms with van der Waals surface area (Å²) in [6.07, 6.45) is 3.09. The Kier molecular flexibility index (Phi) is 6.87. The lowest BCUT2D eigenvalue weighted by molar-refractivity contribution is -0.132. The highest BCUT2D eigenvalue weighted by molar-refractivity contribution is 8.00. The predicted molar refractivity (Wildman–Crippen MR) is 154 cm³/mol. The van der Waals surface area contributed by atoms with Crippen LogP contribution < -0.4 is 4.90 Å². The average Bonchev–Trinajstić information content (AvgIpc) is 3.55. The van der Waals surface area contributed by atoms with Crippen LogP contribution in [0.3, 0.4) is 0 Å². The van der Waals surface area contributed by atoms with Crippen molar-refractivity contribution in [3.05, 3.63) is 119 Å². The number of amides is 1. The summed E-state index contributed by atoms with van der Waals surface area (Å²) in [7, 11) is 0. The fraction of sp³-hybridized carbons (Fsp3) is 0.100. The van der Waals surface area contributed by atoms with E-state index in [-0.39, 0.29) is 16.3 Å². The first-order valence-electron chi connectivity index (χ1n) is 12.3. The molecule has 1 fully saturated rings. The van der Waals surface area contributed by atoms with E-state index in [1.54, 1.807) is 25.3 Å². The number of nitrogens with zero attached hydrogens (tertiary/aromatic N) is 4. The van der Waals surface area contributed by atoms with E-state index in [9.17, 15) is 19.1 Å². The van der Waals surface area contributed by atoms with Gasteiger partial charge in [0.05, 0.1) is 11.6 Å². The van der Waals surface area contributed by atoms with Crippen molar-refractivity contribution < 1.29 is 19.1 Å². The molecular formula is C30H21FN4O3S2. The highest BCUT2D eigenvalue weighted by Crippen LogP contribution is 2.44. The Morgan fingerprint density at radius 1 is 1.05 bits per heavy atom. The van der Waals surface area contributed by atoms with Crippen LogP contribution in [0, 0.1) is 12.7 Å². The molecule has 0 radical (unpaired) electrons. The Balaban J connectivity index is 1.36. The molecule has 0 saturated carbocycles. The first-order chi connectivity index (χ1) is 19.4. The van der Waals surface area contributed by atoms with E-state index in [1.807, 2.05) is 18.2 Å². The number of Topliss-reactive ketones (excluding diaryl/α,β-unsaturated/α-hetero) is 1. The maximum Gasteiger partial charge on any atom is 0.301 e. The number of carbonyl (C=O) groups is 2. The summed E-state index contributed by atoms with van der Waals surface area (Å²) in [4.78, 5) is 32.0. The summed E-state index contributed by atoms with van der Waals surface area (Å²) >= 11 is 2.66. The molecule has 1 N–H and O–H groups in total. The molecule has 40 heavy (non-hydrogen) atoms. The number of halogens is 1. The number of ketones is 1. The zero-order valence-corrected chi connectivity index (χ0v) is 22.7. The second-order valence-corrected chi connectivity index (χ2v) is 11.4. The maximum absolute atomic E-state index is 14.3. The number of fused-ring (bicyclic) bond motifs is 1. The Labute approximate surface area is 237 Å². The predicted octanol–water partition coefficient (Wildman–Crippen LogP) is 6.45. The molecule has 0 spiro atoms. The van der Waals surface area contributed by atoms with Gasteiger partial charge in [-0.3, -0.25) is 19.5 Å². The first-order valence-corrected chi connectivity index (χ1v) is 14.1. The van der Waals surface area contributed by atoms with Crippen molar-refractivity contribution in [2.45, 2.75) is 23.1 Å². The van der Waals surface area contributed by atoms with Gasteiger partial charge in [0.15, 0.2) is 4.34 Å². The quantitative estimate of drug-likeness (QED) is 0.0826. The Hall–Kier alpha value is -4.41. The van der Waals surface area contributed by atoms with Crippen LogP contribution in [-0.2, 0) is 15.3 Å². The number of aryl methyl sites for hydroxylation is 1. The maximum atomic E-state index is 14.3. The number of aliphatic hydroxyl groups is 1. The molecule has 1 aliphatic rings. The zero-order chi connectivity index (χ0) is 27.8. The smallest absolute Gasteiger partial charge is 0.301 e. The van der Waals surface area contributed by atoms with Gasteiger partial charge in [0.25, 0.3) is 5.78 Å². The van der Waals surface area contributed by atoms with Gasteiger partial charge in [-0.05, 0) is 46.5 Å². The van der Waals surface area contributed by atoms with Gasteiger partial charge in [0.1, 0.15) is 11.6 Å². The number of thioether (sulfide) groups is 1. The third kappa shape index (κ3) is 4.65. The number of rotatable bonds is 6. The van der Waals surface area contributed by atoms with E-state index < -0.39 is 29.3 Å². The summed E-state index contributed by atoms with van der Waals surface area (Å²) in [6.45, 7) is 1.60. The average molecular weight is 569 g/mol. The third-order valence-electron chi connectivity index (χ3n) is 6.72. The number of aliphatic hydroxyl groups excluding tert-OH is 1. The van der Waals surface area contributed by atoms with Crippen LogP contribution in [0.5, 0.6) is 0 Å². The van der Waals surface area contributed by atoms with Crippen LogP contribution in [0.1, 0.15) is 28.3 Å². The highest BCUT2D eigenvalue weighted by atomic mass is 32.2. The number of carbonyl (C=O) groups excluding carboxylic acids is 2. The fourth-order valence-corrected chi connectivity index (χ4v) is 6.57. The van der Waals surface area contributed by atoms with Crippen LogP contribution >= 0.6 is 23.1 Å². The second kappa shape index (κ2) is 10.6. The third-order valence-corrected chi connectivity index (χ3v) is 8.83. The molecule has 1 atom stereocenters. The van der Waals surface area contributed by atoms with Gasteiger partial charge < -0.3 is 5.11 Å². The van der Waals surface area contributed by atoms with Gasteiger partial charge >= 0.3 is 5.91 Å². The number of hydrogen-bond acceptors (Lipinski definition) is 8. The summed E-state index contributed by atoms with van der Waals surface area (Å²) in [5.41, 5.74) is 1.96. The molecular weight excluding hydrogens is 547 g/mol. The number of anilines is 1. The number of aromatic nitrogens is 3. The van der Waals surface area contributed by atoms with Gasteiger partial charge in [-0.2, -0.15) is 0 Å². The van der Waals surface area contributed by atoms with Crippen molar-refractivity contribution >= 4 is 56.5 Å². The second-order valence-electron chi connectivity index (χ2n) is 9.20. The standard InChI is InChI=1S/C30H21FN4O3S2/c1-17-11-12-19(14-23(17)31)26(36)24-25(20-9-5-13-32-15-20)35(28(38)27(24)37)29-33-34-30(40-29)39-16-21-8-4-7-18-6-2-3-10-22(18)21/h2-15,25,36H,16H2,1H3/t25-/m1/s1. The minimum Gasteiger partial charge on any atom is -0.507 e. The Morgan fingerprint density at radius 3 is 2.67 bits per heavy atom. The van der Waals surface area contributed by atoms with Gasteiger partial charge in [-0.1, -0.05) is 83.8 Å². The van der Waals surface area contributed by atoms with Crippen molar-refractivity contribution in [2.24, 2.45) is 0 Å². The Morgan fingerprint density at radius 2 is 1.88 bits per heavy atom. The van der Waals surface area contributed by atoms with Gasteiger partial charge in [0, 0.05) is 23.7 Å². The molecule has 0 unspecified atom stereocenters. The first kappa shape index (κ1) is 25.8. The number of pyridine rings is 1. The summed E-state index contributed by atoms with van der Waals surface area (Å²) in [5.74, 6) is -2.12. The van der Waals surface area contributed by atoms with Crippen LogP contribution in [-0.4, -0.2) is 32.0 Å². The molecule has 1 saturated heterocycles. The van der Waals surface area contributed by atoms with E-state index in [0.29, 0.717) is 21.2 Å². The van der Waals surface area contributed by atoms with Crippen molar-refractivity contribution in [3.8, 4) is 0 Å². The SMILES string of the molecule is Cc1ccc(C(O)=C2C(=O)C(=O)N(c3nnc(SCc4cccc5ccccc45)s3)[C@@H]2c2cccnc2)cc1F. The molecule has 7 nitrogen and oxygen atoms in total. The molecule has 1 aliphatic heterocycles. The summed E-state index contributed by atoms with van der Waals surface area (Å²) in [6, 6.07) is 20.8. The molecule has 10 heteroatoms. The number of hydrogen-bond donors (Lipinski definition) is 1. The summed E-state index contributed by atoms with van der Waals surface area (Å²) in [5, 5.41) is 22.2.